The van der Waals surface area contributed by atoms with E-state index in [1.165, 1.54) is 4.88 Å². The second kappa shape index (κ2) is 6.24. The van der Waals surface area contributed by atoms with Crippen molar-refractivity contribution in [3.63, 3.8) is 0 Å². The highest BCUT2D eigenvalue weighted by Crippen LogP contribution is 2.33. The molecule has 3 nitrogen and oxygen atoms in total. The fraction of sp³-hybridized carbons (Fsp3) is 0.400. The van der Waals surface area contributed by atoms with Crippen molar-refractivity contribution in [2.45, 2.75) is 33.3 Å². The minimum atomic E-state index is -0.538. The summed E-state index contributed by atoms with van der Waals surface area (Å²) in [6.07, 6.45) is 1.75. The number of methoxy groups -OCH3 is 1. The largest absolute Gasteiger partial charge is 0.496 e. The lowest BCUT2D eigenvalue weighted by Crippen LogP contribution is -2.05. The number of hydrogen-bond acceptors (Lipinski definition) is 4. The van der Waals surface area contributed by atoms with Crippen LogP contribution in [0.2, 0.25) is 0 Å². The van der Waals surface area contributed by atoms with Crippen LogP contribution in [0.4, 0.5) is 0 Å². The molecule has 0 fully saturated rings. The van der Waals surface area contributed by atoms with Crippen LogP contribution in [-0.2, 0) is 6.42 Å². The van der Waals surface area contributed by atoms with Gasteiger partial charge in [0, 0.05) is 43.7 Å². The highest BCUT2D eigenvalue weighted by molar-refractivity contribution is 9.10. The molecule has 2 heterocycles. The second-order valence-electron chi connectivity index (χ2n) is 4.82. The quantitative estimate of drug-likeness (QED) is 0.896. The van der Waals surface area contributed by atoms with Gasteiger partial charge in [0.2, 0.25) is 0 Å². The molecule has 0 spiro atoms. The zero-order valence-electron chi connectivity index (χ0n) is 12.0. The first-order valence-corrected chi connectivity index (χ1v) is 7.98. The Bertz CT molecular complexity index is 605. The van der Waals surface area contributed by atoms with Crippen LogP contribution in [0.1, 0.15) is 32.7 Å². The van der Waals surface area contributed by atoms with E-state index in [4.69, 9.17) is 4.74 Å². The zero-order valence-corrected chi connectivity index (χ0v) is 14.4. The molecule has 0 aliphatic heterocycles. The van der Waals surface area contributed by atoms with Crippen LogP contribution in [0.15, 0.2) is 16.7 Å². The Morgan fingerprint density at radius 2 is 2.10 bits per heavy atom. The summed E-state index contributed by atoms with van der Waals surface area (Å²) in [4.78, 5) is 6.56. The minimum Gasteiger partial charge on any atom is -0.496 e. The average Bonchev–Trinajstić information content (AvgIpc) is 2.74. The van der Waals surface area contributed by atoms with Crippen LogP contribution >= 0.6 is 27.3 Å². The Morgan fingerprint density at radius 3 is 2.65 bits per heavy atom. The lowest BCUT2D eigenvalue weighted by atomic mass is 10.1. The zero-order chi connectivity index (χ0) is 14.9. The molecule has 0 amide bonds. The summed E-state index contributed by atoms with van der Waals surface area (Å²) in [6, 6.07) is 1.98. The Hall–Kier alpha value is -0.910. The first-order chi connectivity index (χ1) is 9.43. The van der Waals surface area contributed by atoms with Gasteiger partial charge in [-0.3, -0.25) is 4.98 Å². The fourth-order valence-corrected chi connectivity index (χ4v) is 3.75. The Labute approximate surface area is 131 Å². The van der Waals surface area contributed by atoms with Crippen LogP contribution in [0, 0.1) is 20.8 Å². The number of aromatic nitrogens is 1. The molecule has 0 radical (unpaired) electrons. The molecule has 2 aromatic heterocycles. The molecule has 2 aromatic rings. The summed E-state index contributed by atoms with van der Waals surface area (Å²) < 4.78 is 6.44. The molecule has 0 bridgehead atoms. The van der Waals surface area contributed by atoms with E-state index in [-0.39, 0.29) is 0 Å². The maximum absolute atomic E-state index is 10.4. The number of nitrogens with zero attached hydrogens (tertiary/aromatic N) is 1. The van der Waals surface area contributed by atoms with E-state index in [1.807, 2.05) is 26.8 Å². The van der Waals surface area contributed by atoms with E-state index < -0.39 is 6.10 Å². The average molecular weight is 356 g/mol. The van der Waals surface area contributed by atoms with Crippen molar-refractivity contribution in [2.24, 2.45) is 0 Å². The number of aryl methyl sites for hydroxylation is 2. The molecule has 0 saturated carbocycles. The number of halogens is 1. The van der Waals surface area contributed by atoms with Gasteiger partial charge in [-0.05, 0) is 42.8 Å². The molecule has 2 rings (SSSR count). The van der Waals surface area contributed by atoms with E-state index in [0.29, 0.717) is 6.42 Å². The molecule has 0 aliphatic carbocycles. The van der Waals surface area contributed by atoms with E-state index in [2.05, 4.69) is 20.9 Å². The van der Waals surface area contributed by atoms with E-state index in [0.717, 1.165) is 31.9 Å². The lowest BCUT2D eigenvalue weighted by molar-refractivity contribution is 0.180. The van der Waals surface area contributed by atoms with Gasteiger partial charge in [0.05, 0.1) is 13.2 Å². The predicted octanol–water partition coefficient (Wildman–Crippen LogP) is 4.12. The van der Waals surface area contributed by atoms with Crippen molar-refractivity contribution >= 4 is 27.3 Å². The first-order valence-electron chi connectivity index (χ1n) is 6.37. The molecule has 0 saturated heterocycles. The van der Waals surface area contributed by atoms with Crippen molar-refractivity contribution in [3.8, 4) is 5.75 Å². The molecular formula is C15H18BrNO2S. The molecule has 20 heavy (non-hydrogen) atoms. The number of pyridine rings is 1. The van der Waals surface area contributed by atoms with E-state index in [9.17, 15) is 5.11 Å². The van der Waals surface area contributed by atoms with Crippen molar-refractivity contribution in [1.29, 1.82) is 0 Å². The number of ether oxygens (including phenoxy) is 1. The SMILES string of the molecule is COc1c(C)cnc(CC(O)c2cc(Br)c(C)s2)c1C. The van der Waals surface area contributed by atoms with Crippen LogP contribution in [-0.4, -0.2) is 17.2 Å². The third kappa shape index (κ3) is 3.05. The summed E-state index contributed by atoms with van der Waals surface area (Å²) in [5, 5.41) is 10.4. The summed E-state index contributed by atoms with van der Waals surface area (Å²) >= 11 is 5.09. The third-order valence-corrected chi connectivity index (χ3v) is 5.58. The summed E-state index contributed by atoms with van der Waals surface area (Å²) in [6.45, 7) is 5.98. The lowest BCUT2D eigenvalue weighted by Gasteiger charge is -2.14. The van der Waals surface area contributed by atoms with Crippen molar-refractivity contribution in [3.05, 3.63) is 43.3 Å². The topological polar surface area (TPSA) is 42.4 Å². The second-order valence-corrected chi connectivity index (χ2v) is 6.96. The van der Waals surface area contributed by atoms with Gasteiger partial charge in [-0.2, -0.15) is 0 Å². The smallest absolute Gasteiger partial charge is 0.128 e. The van der Waals surface area contributed by atoms with E-state index >= 15 is 0 Å². The predicted molar refractivity (Wildman–Crippen MR) is 85.7 cm³/mol. The maximum Gasteiger partial charge on any atom is 0.128 e. The number of thiophene rings is 1. The molecule has 5 heteroatoms. The number of rotatable bonds is 4. The Kier molecular flexibility index (Phi) is 4.83. The van der Waals surface area contributed by atoms with Gasteiger partial charge < -0.3 is 9.84 Å². The van der Waals surface area contributed by atoms with Crippen molar-refractivity contribution in [1.82, 2.24) is 4.98 Å². The fourth-order valence-electron chi connectivity index (χ4n) is 2.21. The van der Waals surface area contributed by atoms with Crippen LogP contribution in [0.25, 0.3) is 0 Å². The third-order valence-electron chi connectivity index (χ3n) is 3.34. The van der Waals surface area contributed by atoms with Crippen LogP contribution in [0.3, 0.4) is 0 Å². The van der Waals surface area contributed by atoms with Crippen LogP contribution < -0.4 is 4.74 Å². The number of hydrogen-bond donors (Lipinski definition) is 1. The number of aliphatic hydroxyl groups is 1. The summed E-state index contributed by atoms with van der Waals surface area (Å²) in [7, 11) is 1.66. The molecule has 108 valence electrons. The standard InChI is InChI=1S/C15H18BrNO2S/c1-8-7-17-12(9(2)15(8)19-4)6-13(18)14-5-11(16)10(3)20-14/h5,7,13,18H,6H2,1-4H3. The van der Waals surface area contributed by atoms with Gasteiger partial charge in [-0.25, -0.2) is 0 Å². The van der Waals surface area contributed by atoms with Gasteiger partial charge in [0.15, 0.2) is 0 Å². The van der Waals surface area contributed by atoms with Gasteiger partial charge >= 0.3 is 0 Å². The molecule has 1 atom stereocenters. The summed E-state index contributed by atoms with van der Waals surface area (Å²) in [5.74, 6) is 0.853. The monoisotopic (exact) mass is 355 g/mol. The van der Waals surface area contributed by atoms with Crippen molar-refractivity contribution in [2.75, 3.05) is 7.11 Å². The maximum atomic E-state index is 10.4. The summed E-state index contributed by atoms with van der Waals surface area (Å²) in [5.41, 5.74) is 2.89. The van der Waals surface area contributed by atoms with Gasteiger partial charge in [-0.1, -0.05) is 0 Å². The highest BCUT2D eigenvalue weighted by atomic mass is 79.9. The number of aliphatic hydroxyl groups excluding tert-OH is 1. The van der Waals surface area contributed by atoms with Crippen molar-refractivity contribution < 1.29 is 9.84 Å². The minimum absolute atomic E-state index is 0.495. The molecule has 1 unspecified atom stereocenters. The van der Waals surface area contributed by atoms with Gasteiger partial charge in [-0.15, -0.1) is 11.3 Å². The normalized spacial score (nSPS) is 12.5. The van der Waals surface area contributed by atoms with Crippen LogP contribution in [0.5, 0.6) is 5.75 Å². The van der Waals surface area contributed by atoms with Gasteiger partial charge in [0.1, 0.15) is 5.75 Å². The highest BCUT2D eigenvalue weighted by Gasteiger charge is 2.17. The first kappa shape index (κ1) is 15.5. The molecular weight excluding hydrogens is 338 g/mol. The Morgan fingerprint density at radius 1 is 1.40 bits per heavy atom. The molecule has 1 N–H and O–H groups in total. The molecule has 0 aliphatic rings. The molecule has 0 aromatic carbocycles. The Balaban J connectivity index is 2.26. The van der Waals surface area contributed by atoms with Gasteiger partial charge in [0.25, 0.3) is 0 Å². The van der Waals surface area contributed by atoms with E-state index in [1.54, 1.807) is 24.6 Å².